The first kappa shape index (κ1) is 13.1. The largest absolute Gasteiger partial charge is 0.323 e. The lowest BCUT2D eigenvalue weighted by molar-refractivity contribution is 0.0977. The quantitative estimate of drug-likeness (QED) is 0.684. The number of thiophene rings is 1. The van der Waals surface area contributed by atoms with Gasteiger partial charge in [0.2, 0.25) is 0 Å². The molecule has 3 nitrogen and oxygen atoms in total. The molecule has 0 bridgehead atoms. The fraction of sp³-hybridized carbons (Fsp3) is 0.250. The fourth-order valence-electron chi connectivity index (χ4n) is 2.26. The Balaban J connectivity index is 1.95. The number of hydrogen-bond donors (Lipinski definition) is 0. The molecule has 0 radical (unpaired) electrons. The lowest BCUT2D eigenvalue weighted by atomic mass is 10.1. The Labute approximate surface area is 121 Å². The number of aryl methyl sites for hydroxylation is 3. The van der Waals surface area contributed by atoms with Gasteiger partial charge in [-0.15, -0.1) is 11.3 Å². The molecule has 2 heterocycles. The molecule has 0 aliphatic rings. The summed E-state index contributed by atoms with van der Waals surface area (Å²) in [5.41, 5.74) is 4.42. The van der Waals surface area contributed by atoms with Crippen LogP contribution in [0.5, 0.6) is 0 Å². The van der Waals surface area contributed by atoms with E-state index in [0.717, 1.165) is 20.8 Å². The van der Waals surface area contributed by atoms with E-state index in [0.29, 0.717) is 6.54 Å². The molecule has 0 unspecified atom stereocenters. The normalized spacial score (nSPS) is 11.2. The maximum absolute atomic E-state index is 12.3. The number of imidazole rings is 1. The zero-order chi connectivity index (χ0) is 14.3. The van der Waals surface area contributed by atoms with Crippen molar-refractivity contribution in [3.8, 4) is 0 Å². The second-order valence-corrected chi connectivity index (χ2v) is 6.42. The standard InChI is InChI=1S/C16H16N2OS/c1-10-6-13-14(7-11(10)2)18(9-17-13)8-15(19)16-5-4-12(3)20-16/h4-7,9H,8H2,1-3H3. The Morgan fingerprint density at radius 1 is 1.20 bits per heavy atom. The van der Waals surface area contributed by atoms with E-state index in [1.54, 1.807) is 17.7 Å². The van der Waals surface area contributed by atoms with Gasteiger partial charge >= 0.3 is 0 Å². The van der Waals surface area contributed by atoms with Crippen molar-refractivity contribution in [1.29, 1.82) is 0 Å². The first-order chi connectivity index (χ1) is 9.54. The van der Waals surface area contributed by atoms with Gasteiger partial charge < -0.3 is 4.57 Å². The minimum Gasteiger partial charge on any atom is -0.323 e. The lowest BCUT2D eigenvalue weighted by Crippen LogP contribution is -2.08. The Kier molecular flexibility index (Phi) is 3.18. The number of Topliss-reactive ketones (excluding diaryl/α,β-unsaturated/α-hetero) is 1. The summed E-state index contributed by atoms with van der Waals surface area (Å²) in [4.78, 5) is 18.6. The molecule has 3 rings (SSSR count). The van der Waals surface area contributed by atoms with Gasteiger partial charge in [0.15, 0.2) is 5.78 Å². The Morgan fingerprint density at radius 2 is 1.95 bits per heavy atom. The first-order valence-corrected chi connectivity index (χ1v) is 7.38. The van der Waals surface area contributed by atoms with E-state index < -0.39 is 0 Å². The molecule has 0 aliphatic carbocycles. The van der Waals surface area contributed by atoms with Gasteiger partial charge in [-0.25, -0.2) is 4.98 Å². The van der Waals surface area contributed by atoms with Crippen LogP contribution in [0.1, 0.15) is 25.7 Å². The van der Waals surface area contributed by atoms with Crippen LogP contribution in [0.2, 0.25) is 0 Å². The van der Waals surface area contributed by atoms with Gasteiger partial charge in [0.05, 0.1) is 28.8 Å². The average Bonchev–Trinajstić information content (AvgIpc) is 2.98. The van der Waals surface area contributed by atoms with Crippen molar-refractivity contribution >= 4 is 28.2 Å². The molecule has 0 spiro atoms. The molecule has 1 aromatic carbocycles. The van der Waals surface area contributed by atoms with Crippen molar-refractivity contribution < 1.29 is 4.79 Å². The number of rotatable bonds is 3. The van der Waals surface area contributed by atoms with Crippen molar-refractivity contribution in [3.05, 3.63) is 51.5 Å². The molecule has 2 aromatic heterocycles. The Morgan fingerprint density at radius 3 is 2.65 bits per heavy atom. The SMILES string of the molecule is Cc1ccc(C(=O)Cn2cnc3cc(C)c(C)cc32)s1. The maximum Gasteiger partial charge on any atom is 0.192 e. The summed E-state index contributed by atoms with van der Waals surface area (Å²) in [6, 6.07) is 8.06. The van der Waals surface area contributed by atoms with Crippen molar-refractivity contribution in [2.45, 2.75) is 27.3 Å². The highest BCUT2D eigenvalue weighted by molar-refractivity contribution is 7.14. The third kappa shape index (κ3) is 2.27. The smallest absolute Gasteiger partial charge is 0.192 e. The number of carbonyl (C=O) groups is 1. The molecule has 0 amide bonds. The van der Waals surface area contributed by atoms with Crippen molar-refractivity contribution in [1.82, 2.24) is 9.55 Å². The third-order valence-electron chi connectivity index (χ3n) is 3.57. The van der Waals surface area contributed by atoms with Crippen LogP contribution < -0.4 is 0 Å². The third-order valence-corrected chi connectivity index (χ3v) is 4.61. The summed E-state index contributed by atoms with van der Waals surface area (Å²) >= 11 is 1.55. The highest BCUT2D eigenvalue weighted by atomic mass is 32.1. The monoisotopic (exact) mass is 284 g/mol. The van der Waals surface area contributed by atoms with Crippen molar-refractivity contribution in [2.24, 2.45) is 0 Å². The second-order valence-electron chi connectivity index (χ2n) is 5.13. The van der Waals surface area contributed by atoms with E-state index in [1.165, 1.54) is 11.1 Å². The summed E-state index contributed by atoms with van der Waals surface area (Å²) in [6.07, 6.45) is 1.75. The van der Waals surface area contributed by atoms with Crippen LogP contribution in [0.15, 0.2) is 30.6 Å². The lowest BCUT2D eigenvalue weighted by Gasteiger charge is -2.04. The predicted molar refractivity (Wildman–Crippen MR) is 82.6 cm³/mol. The molecule has 102 valence electrons. The second kappa shape index (κ2) is 4.87. The highest BCUT2D eigenvalue weighted by Gasteiger charge is 2.12. The number of fused-ring (bicyclic) bond motifs is 1. The zero-order valence-electron chi connectivity index (χ0n) is 11.8. The van der Waals surface area contributed by atoms with E-state index in [-0.39, 0.29) is 5.78 Å². The predicted octanol–water partition coefficient (Wildman–Crippen LogP) is 3.91. The molecule has 20 heavy (non-hydrogen) atoms. The molecule has 0 aliphatic heterocycles. The Hall–Kier alpha value is -1.94. The van der Waals surface area contributed by atoms with Crippen LogP contribution in [0.3, 0.4) is 0 Å². The molecule has 3 aromatic rings. The molecule has 0 atom stereocenters. The van der Waals surface area contributed by atoms with Crippen molar-refractivity contribution in [2.75, 3.05) is 0 Å². The van der Waals surface area contributed by atoms with E-state index in [9.17, 15) is 4.79 Å². The summed E-state index contributed by atoms with van der Waals surface area (Å²) < 4.78 is 1.93. The van der Waals surface area contributed by atoms with Crippen LogP contribution in [0.25, 0.3) is 11.0 Å². The Bertz CT molecular complexity index is 798. The number of benzene rings is 1. The molecule has 4 heteroatoms. The van der Waals surface area contributed by atoms with Gasteiger partial charge in [-0.2, -0.15) is 0 Å². The molecule has 0 fully saturated rings. The fourth-order valence-corrected chi connectivity index (χ4v) is 3.05. The summed E-state index contributed by atoms with van der Waals surface area (Å²) in [5, 5.41) is 0. The number of aromatic nitrogens is 2. The van der Waals surface area contributed by atoms with E-state index in [4.69, 9.17) is 0 Å². The van der Waals surface area contributed by atoms with Crippen LogP contribution in [-0.4, -0.2) is 15.3 Å². The van der Waals surface area contributed by atoms with Gasteiger partial charge in [0.25, 0.3) is 0 Å². The average molecular weight is 284 g/mol. The first-order valence-electron chi connectivity index (χ1n) is 6.56. The van der Waals surface area contributed by atoms with Gasteiger partial charge in [-0.1, -0.05) is 0 Å². The molecule has 0 saturated carbocycles. The van der Waals surface area contributed by atoms with Crippen LogP contribution in [0, 0.1) is 20.8 Å². The van der Waals surface area contributed by atoms with E-state index >= 15 is 0 Å². The number of ketones is 1. The van der Waals surface area contributed by atoms with Gasteiger partial charge in [-0.3, -0.25) is 4.79 Å². The van der Waals surface area contributed by atoms with Gasteiger partial charge in [-0.05, 0) is 56.2 Å². The van der Waals surface area contributed by atoms with E-state index in [1.807, 2.05) is 23.6 Å². The molecular weight excluding hydrogens is 268 g/mol. The molecule has 0 saturated heterocycles. The number of nitrogens with zero attached hydrogens (tertiary/aromatic N) is 2. The summed E-state index contributed by atoms with van der Waals surface area (Å²) in [6.45, 7) is 6.52. The van der Waals surface area contributed by atoms with Gasteiger partial charge in [0, 0.05) is 4.88 Å². The van der Waals surface area contributed by atoms with Crippen LogP contribution >= 0.6 is 11.3 Å². The van der Waals surface area contributed by atoms with Crippen molar-refractivity contribution in [3.63, 3.8) is 0 Å². The topological polar surface area (TPSA) is 34.9 Å². The van der Waals surface area contributed by atoms with Crippen LogP contribution in [0.4, 0.5) is 0 Å². The summed E-state index contributed by atoms with van der Waals surface area (Å²) in [7, 11) is 0. The molecule has 0 N–H and O–H groups in total. The van der Waals surface area contributed by atoms with Gasteiger partial charge in [0.1, 0.15) is 0 Å². The number of hydrogen-bond acceptors (Lipinski definition) is 3. The number of carbonyl (C=O) groups excluding carboxylic acids is 1. The van der Waals surface area contributed by atoms with E-state index in [2.05, 4.69) is 31.0 Å². The minimum atomic E-state index is 0.139. The highest BCUT2D eigenvalue weighted by Crippen LogP contribution is 2.20. The minimum absolute atomic E-state index is 0.139. The van der Waals surface area contributed by atoms with Crippen LogP contribution in [-0.2, 0) is 6.54 Å². The zero-order valence-corrected chi connectivity index (χ0v) is 12.6. The summed E-state index contributed by atoms with van der Waals surface area (Å²) in [5.74, 6) is 0.139. The maximum atomic E-state index is 12.3. The molecular formula is C16H16N2OS.